The lowest BCUT2D eigenvalue weighted by atomic mass is 10.2. The molecule has 0 atom stereocenters. The summed E-state index contributed by atoms with van der Waals surface area (Å²) in [7, 11) is 0. The van der Waals surface area contributed by atoms with E-state index >= 15 is 0 Å². The summed E-state index contributed by atoms with van der Waals surface area (Å²) < 4.78 is 32.6. The van der Waals surface area contributed by atoms with Crippen molar-refractivity contribution in [3.63, 3.8) is 0 Å². The predicted octanol–water partition coefficient (Wildman–Crippen LogP) is 4.31. The fourth-order valence-electron chi connectivity index (χ4n) is 1.91. The Labute approximate surface area is 127 Å². The number of nitrogens with one attached hydrogen (secondary N) is 1. The van der Waals surface area contributed by atoms with Crippen LogP contribution in [0.25, 0.3) is 0 Å². The molecule has 21 heavy (non-hydrogen) atoms. The Morgan fingerprint density at radius 2 is 2.00 bits per heavy atom. The second-order valence-electron chi connectivity index (χ2n) is 4.52. The van der Waals surface area contributed by atoms with Gasteiger partial charge in [0.1, 0.15) is 24.0 Å². The van der Waals surface area contributed by atoms with Crippen LogP contribution in [0.1, 0.15) is 18.1 Å². The highest BCUT2D eigenvalue weighted by Crippen LogP contribution is 2.24. The minimum atomic E-state index is -0.419. The molecular formula is C16H16ClF2NO. The summed E-state index contributed by atoms with van der Waals surface area (Å²) in [4.78, 5) is 0. The maximum Gasteiger partial charge on any atom is 0.131 e. The van der Waals surface area contributed by atoms with Gasteiger partial charge in [-0.15, -0.1) is 0 Å². The van der Waals surface area contributed by atoms with Crippen molar-refractivity contribution in [2.45, 2.75) is 20.1 Å². The highest BCUT2D eigenvalue weighted by Gasteiger charge is 2.10. The molecular weight excluding hydrogens is 296 g/mol. The Hall–Kier alpha value is -1.65. The lowest BCUT2D eigenvalue weighted by Gasteiger charge is -2.13. The molecule has 1 N–H and O–H groups in total. The molecule has 0 bridgehead atoms. The molecule has 0 saturated heterocycles. The molecule has 0 aliphatic rings. The van der Waals surface area contributed by atoms with E-state index in [0.29, 0.717) is 22.9 Å². The molecule has 2 nitrogen and oxygen atoms in total. The molecule has 112 valence electrons. The van der Waals surface area contributed by atoms with Gasteiger partial charge in [0.15, 0.2) is 0 Å². The third-order valence-corrected chi connectivity index (χ3v) is 3.38. The van der Waals surface area contributed by atoms with Gasteiger partial charge >= 0.3 is 0 Å². The van der Waals surface area contributed by atoms with Crippen LogP contribution in [0.2, 0.25) is 5.02 Å². The molecule has 5 heteroatoms. The Morgan fingerprint density at radius 1 is 1.19 bits per heavy atom. The molecule has 0 radical (unpaired) electrons. The van der Waals surface area contributed by atoms with Crippen LogP contribution < -0.4 is 10.1 Å². The third-order valence-electron chi connectivity index (χ3n) is 3.02. The first-order valence-corrected chi connectivity index (χ1v) is 7.04. The molecule has 2 aromatic rings. The molecule has 0 heterocycles. The fourth-order valence-corrected chi connectivity index (χ4v) is 2.12. The highest BCUT2D eigenvalue weighted by atomic mass is 35.5. The van der Waals surface area contributed by atoms with Crippen molar-refractivity contribution in [1.82, 2.24) is 5.32 Å². The molecule has 0 spiro atoms. The van der Waals surface area contributed by atoms with Crippen LogP contribution in [0.15, 0.2) is 36.4 Å². The van der Waals surface area contributed by atoms with Crippen LogP contribution in [0.4, 0.5) is 8.78 Å². The maximum absolute atomic E-state index is 13.7. The Morgan fingerprint density at radius 3 is 2.71 bits per heavy atom. The van der Waals surface area contributed by atoms with Gasteiger partial charge in [0.2, 0.25) is 0 Å². The van der Waals surface area contributed by atoms with Crippen LogP contribution in [0.5, 0.6) is 5.75 Å². The van der Waals surface area contributed by atoms with E-state index in [1.54, 1.807) is 6.07 Å². The standard InChI is InChI=1S/C16H16ClF2NO/c1-2-20-9-11-8-12(18)6-7-16(11)21-10-13-14(17)4-3-5-15(13)19/h3-8,20H,2,9-10H2,1H3. The normalized spacial score (nSPS) is 10.7. The van der Waals surface area contributed by atoms with E-state index in [1.165, 1.54) is 30.3 Å². The van der Waals surface area contributed by atoms with Crippen LogP contribution in [-0.4, -0.2) is 6.54 Å². The van der Waals surface area contributed by atoms with Crippen molar-refractivity contribution in [2.75, 3.05) is 6.54 Å². The number of benzene rings is 2. The summed E-state index contributed by atoms with van der Waals surface area (Å²) in [5.74, 6) is -0.242. The van der Waals surface area contributed by atoms with E-state index in [0.717, 1.165) is 6.54 Å². The minimum Gasteiger partial charge on any atom is -0.488 e. The SMILES string of the molecule is CCNCc1cc(F)ccc1OCc1c(F)cccc1Cl. The zero-order valence-electron chi connectivity index (χ0n) is 11.6. The van der Waals surface area contributed by atoms with Crippen LogP contribution in [-0.2, 0) is 13.2 Å². The number of hydrogen-bond acceptors (Lipinski definition) is 2. The molecule has 0 aliphatic heterocycles. The first-order chi connectivity index (χ1) is 10.1. The van der Waals surface area contributed by atoms with Crippen molar-refractivity contribution < 1.29 is 13.5 Å². The zero-order valence-corrected chi connectivity index (χ0v) is 12.4. The Bertz CT molecular complexity index is 599. The summed E-state index contributed by atoms with van der Waals surface area (Å²) in [6, 6.07) is 8.73. The van der Waals surface area contributed by atoms with Gasteiger partial charge in [0.05, 0.1) is 5.02 Å². The van der Waals surface area contributed by atoms with Crippen molar-refractivity contribution in [3.05, 3.63) is 64.2 Å². The van der Waals surface area contributed by atoms with Crippen LogP contribution >= 0.6 is 11.6 Å². The summed E-state index contributed by atoms with van der Waals surface area (Å²) >= 11 is 5.95. The Balaban J connectivity index is 2.16. The smallest absolute Gasteiger partial charge is 0.131 e. The topological polar surface area (TPSA) is 21.3 Å². The monoisotopic (exact) mass is 311 g/mol. The Kier molecular flexibility index (Phi) is 5.53. The van der Waals surface area contributed by atoms with E-state index in [-0.39, 0.29) is 18.0 Å². The summed E-state index contributed by atoms with van der Waals surface area (Å²) in [6.45, 7) is 3.19. The van der Waals surface area contributed by atoms with Gasteiger partial charge in [-0.25, -0.2) is 8.78 Å². The van der Waals surface area contributed by atoms with Crippen molar-refractivity contribution in [1.29, 1.82) is 0 Å². The molecule has 0 aromatic heterocycles. The van der Waals surface area contributed by atoms with E-state index in [2.05, 4.69) is 5.32 Å². The zero-order chi connectivity index (χ0) is 15.2. The van der Waals surface area contributed by atoms with E-state index in [9.17, 15) is 8.78 Å². The van der Waals surface area contributed by atoms with Gasteiger partial charge < -0.3 is 10.1 Å². The molecule has 2 rings (SSSR count). The van der Waals surface area contributed by atoms with Gasteiger partial charge in [-0.2, -0.15) is 0 Å². The second kappa shape index (κ2) is 7.38. The molecule has 0 amide bonds. The van der Waals surface area contributed by atoms with Gasteiger partial charge in [0.25, 0.3) is 0 Å². The average molecular weight is 312 g/mol. The molecule has 2 aromatic carbocycles. The molecule has 0 unspecified atom stereocenters. The molecule has 0 fully saturated rings. The van der Waals surface area contributed by atoms with E-state index < -0.39 is 5.82 Å². The second-order valence-corrected chi connectivity index (χ2v) is 4.93. The average Bonchev–Trinajstić information content (AvgIpc) is 2.46. The predicted molar refractivity (Wildman–Crippen MR) is 79.5 cm³/mol. The molecule has 0 aliphatic carbocycles. The first kappa shape index (κ1) is 15.7. The van der Waals surface area contributed by atoms with E-state index in [4.69, 9.17) is 16.3 Å². The van der Waals surface area contributed by atoms with Crippen molar-refractivity contribution in [3.8, 4) is 5.75 Å². The van der Waals surface area contributed by atoms with Gasteiger partial charge in [-0.05, 0) is 36.9 Å². The number of rotatable bonds is 6. The van der Waals surface area contributed by atoms with Crippen molar-refractivity contribution >= 4 is 11.6 Å². The number of ether oxygens (including phenoxy) is 1. The largest absolute Gasteiger partial charge is 0.488 e. The third kappa shape index (κ3) is 4.16. The fraction of sp³-hybridized carbons (Fsp3) is 0.250. The van der Waals surface area contributed by atoms with Gasteiger partial charge in [-0.1, -0.05) is 24.6 Å². The quantitative estimate of drug-likeness (QED) is 0.858. The van der Waals surface area contributed by atoms with Crippen molar-refractivity contribution in [2.24, 2.45) is 0 Å². The van der Waals surface area contributed by atoms with Crippen LogP contribution in [0.3, 0.4) is 0 Å². The van der Waals surface area contributed by atoms with E-state index in [1.807, 2.05) is 6.92 Å². The maximum atomic E-state index is 13.7. The highest BCUT2D eigenvalue weighted by molar-refractivity contribution is 6.31. The lowest BCUT2D eigenvalue weighted by molar-refractivity contribution is 0.295. The number of hydrogen-bond donors (Lipinski definition) is 1. The van der Waals surface area contributed by atoms with Gasteiger partial charge in [0, 0.05) is 17.7 Å². The first-order valence-electron chi connectivity index (χ1n) is 6.66. The van der Waals surface area contributed by atoms with Crippen LogP contribution in [0, 0.1) is 11.6 Å². The lowest BCUT2D eigenvalue weighted by Crippen LogP contribution is -2.13. The number of halogens is 3. The summed E-state index contributed by atoms with van der Waals surface area (Å²) in [6.07, 6.45) is 0. The minimum absolute atomic E-state index is 0.00371. The summed E-state index contributed by atoms with van der Waals surface area (Å²) in [5.41, 5.74) is 0.974. The summed E-state index contributed by atoms with van der Waals surface area (Å²) in [5, 5.41) is 3.42. The van der Waals surface area contributed by atoms with Gasteiger partial charge in [-0.3, -0.25) is 0 Å². The molecule has 0 saturated carbocycles.